The van der Waals surface area contributed by atoms with Gasteiger partial charge in [0.1, 0.15) is 18.2 Å². The number of halogens is 1. The lowest BCUT2D eigenvalue weighted by atomic mass is 10.1. The van der Waals surface area contributed by atoms with Crippen LogP contribution in [0.25, 0.3) is 11.0 Å². The van der Waals surface area contributed by atoms with Gasteiger partial charge in [-0.3, -0.25) is 0 Å². The first-order chi connectivity index (χ1) is 15.9. The molecule has 0 saturated carbocycles. The molecule has 0 bridgehead atoms. The average Bonchev–Trinajstić information content (AvgIpc) is 2.79. The van der Waals surface area contributed by atoms with Crippen LogP contribution in [0.15, 0.2) is 57.7 Å². The molecule has 0 fully saturated rings. The van der Waals surface area contributed by atoms with E-state index in [2.05, 4.69) is 5.32 Å². The normalized spacial score (nSPS) is 11.7. The second-order valence-corrected chi connectivity index (χ2v) is 8.00. The van der Waals surface area contributed by atoms with Crippen LogP contribution in [0.5, 0.6) is 5.75 Å². The number of carbonyl (C=O) groups is 2. The fourth-order valence-electron chi connectivity index (χ4n) is 3.41. The number of benzene rings is 2. The molecule has 174 valence electrons. The summed E-state index contributed by atoms with van der Waals surface area (Å²) in [7, 11) is 0. The number of ether oxygens (including phenoxy) is 2. The highest BCUT2D eigenvalue weighted by molar-refractivity contribution is 6.33. The van der Waals surface area contributed by atoms with E-state index in [1.807, 2.05) is 44.2 Å². The molecular weight excluding hydrogens is 446 g/mol. The molecule has 1 aromatic heterocycles. The Morgan fingerprint density at radius 1 is 1.09 bits per heavy atom. The molecule has 1 heterocycles. The number of alkyl carbamates (subject to hydrolysis) is 1. The minimum atomic E-state index is -0.927. The molecule has 8 heteroatoms. The predicted molar refractivity (Wildman–Crippen MR) is 126 cm³/mol. The number of carbonyl (C=O) groups excluding carboxylic acids is 2. The Hall–Kier alpha value is -3.32. The van der Waals surface area contributed by atoms with Crippen molar-refractivity contribution >= 4 is 34.6 Å². The predicted octanol–water partition coefficient (Wildman–Crippen LogP) is 5.40. The number of aryl methyl sites for hydroxylation is 1. The van der Waals surface area contributed by atoms with Crippen LogP contribution in [0, 0.1) is 0 Å². The second kappa shape index (κ2) is 11.5. The van der Waals surface area contributed by atoms with Crippen LogP contribution >= 0.6 is 11.6 Å². The van der Waals surface area contributed by atoms with Crippen LogP contribution in [-0.4, -0.2) is 18.1 Å². The lowest BCUT2D eigenvalue weighted by Crippen LogP contribution is -2.43. The number of nitrogens with one attached hydrogen (secondary N) is 1. The Morgan fingerprint density at radius 2 is 1.85 bits per heavy atom. The molecule has 0 aliphatic heterocycles. The fourth-order valence-corrected chi connectivity index (χ4v) is 3.61. The summed E-state index contributed by atoms with van der Waals surface area (Å²) >= 11 is 6.36. The maximum absolute atomic E-state index is 12.8. The van der Waals surface area contributed by atoms with Gasteiger partial charge in [-0.2, -0.15) is 0 Å². The van der Waals surface area contributed by atoms with Crippen molar-refractivity contribution in [2.24, 2.45) is 0 Å². The molecule has 1 atom stereocenters. The second-order valence-electron chi connectivity index (χ2n) is 7.59. The van der Waals surface area contributed by atoms with E-state index in [4.69, 9.17) is 25.5 Å². The Morgan fingerprint density at radius 3 is 2.55 bits per heavy atom. The van der Waals surface area contributed by atoms with Crippen LogP contribution < -0.4 is 15.7 Å². The third-order valence-electron chi connectivity index (χ3n) is 4.98. The van der Waals surface area contributed by atoms with Gasteiger partial charge in [0.2, 0.25) is 0 Å². The first kappa shape index (κ1) is 24.3. The maximum atomic E-state index is 12.8. The number of hydrogen-bond acceptors (Lipinski definition) is 6. The lowest BCUT2D eigenvalue weighted by molar-refractivity contribution is -0.136. The Labute approximate surface area is 196 Å². The minimum Gasteiger partial charge on any atom is -0.445 e. The van der Waals surface area contributed by atoms with Crippen molar-refractivity contribution in [3.63, 3.8) is 0 Å². The van der Waals surface area contributed by atoms with Gasteiger partial charge in [-0.25, -0.2) is 14.4 Å². The van der Waals surface area contributed by atoms with Crippen molar-refractivity contribution in [1.82, 2.24) is 5.32 Å². The van der Waals surface area contributed by atoms with Gasteiger partial charge in [0.05, 0.1) is 5.02 Å². The van der Waals surface area contributed by atoms with Crippen molar-refractivity contribution in [3.05, 3.63) is 75.1 Å². The van der Waals surface area contributed by atoms with Gasteiger partial charge in [0, 0.05) is 17.5 Å². The molecule has 0 saturated heterocycles. The van der Waals surface area contributed by atoms with Crippen molar-refractivity contribution in [2.75, 3.05) is 0 Å². The lowest BCUT2D eigenvalue weighted by Gasteiger charge is -2.17. The quantitative estimate of drug-likeness (QED) is 0.255. The molecule has 33 heavy (non-hydrogen) atoms. The molecule has 2 aromatic carbocycles. The molecule has 1 amide bonds. The summed E-state index contributed by atoms with van der Waals surface area (Å²) < 4.78 is 15.9. The van der Waals surface area contributed by atoms with Crippen molar-refractivity contribution in [3.8, 4) is 5.75 Å². The van der Waals surface area contributed by atoms with Crippen LogP contribution in [0.2, 0.25) is 5.02 Å². The van der Waals surface area contributed by atoms with Gasteiger partial charge < -0.3 is 19.2 Å². The van der Waals surface area contributed by atoms with Crippen LogP contribution in [0.4, 0.5) is 4.79 Å². The average molecular weight is 472 g/mol. The van der Waals surface area contributed by atoms with Crippen LogP contribution in [0.1, 0.15) is 44.2 Å². The maximum Gasteiger partial charge on any atom is 0.408 e. The van der Waals surface area contributed by atoms with Gasteiger partial charge in [-0.15, -0.1) is 0 Å². The van der Waals surface area contributed by atoms with Crippen LogP contribution in [-0.2, 0) is 22.6 Å². The molecule has 0 aliphatic carbocycles. The zero-order chi connectivity index (χ0) is 23.8. The van der Waals surface area contributed by atoms with E-state index in [-0.39, 0.29) is 23.0 Å². The monoisotopic (exact) mass is 471 g/mol. The molecule has 3 rings (SSSR count). The molecular formula is C25H26ClNO6. The Balaban J connectivity index is 1.73. The van der Waals surface area contributed by atoms with E-state index in [0.717, 1.165) is 17.5 Å². The fraction of sp³-hybridized carbons (Fsp3) is 0.320. The molecule has 3 aromatic rings. The highest BCUT2D eigenvalue weighted by atomic mass is 35.5. The summed E-state index contributed by atoms with van der Waals surface area (Å²) in [5.41, 5.74) is 1.43. The van der Waals surface area contributed by atoms with E-state index in [9.17, 15) is 14.4 Å². The summed E-state index contributed by atoms with van der Waals surface area (Å²) in [6, 6.07) is 12.8. The highest BCUT2D eigenvalue weighted by Gasteiger charge is 2.24. The van der Waals surface area contributed by atoms with Gasteiger partial charge in [0.15, 0.2) is 5.75 Å². The third-order valence-corrected chi connectivity index (χ3v) is 5.27. The van der Waals surface area contributed by atoms with E-state index in [1.165, 1.54) is 12.1 Å². The Bertz CT molecular complexity index is 1170. The molecule has 0 aliphatic rings. The smallest absolute Gasteiger partial charge is 0.408 e. The van der Waals surface area contributed by atoms with E-state index in [0.29, 0.717) is 24.6 Å². The van der Waals surface area contributed by atoms with E-state index in [1.54, 1.807) is 6.07 Å². The molecule has 7 nitrogen and oxygen atoms in total. The van der Waals surface area contributed by atoms with E-state index >= 15 is 0 Å². The summed E-state index contributed by atoms with van der Waals surface area (Å²) in [6.45, 7) is 3.96. The number of rotatable bonds is 9. The van der Waals surface area contributed by atoms with E-state index < -0.39 is 23.7 Å². The van der Waals surface area contributed by atoms with Gasteiger partial charge >= 0.3 is 17.7 Å². The van der Waals surface area contributed by atoms with Gasteiger partial charge in [-0.05, 0) is 30.0 Å². The standard InChI is InChI=1S/C25H26ClNO6/c1-3-8-17-12-23(28)32-21-14-22(19(26)13-18(17)21)33-24(29)20(9-4-2)27-25(30)31-15-16-10-6-5-7-11-16/h5-7,10-14,20H,3-4,8-9,15H2,1-2H3,(H,27,30)/t20-/m0/s1. The largest absolute Gasteiger partial charge is 0.445 e. The molecule has 1 N–H and O–H groups in total. The van der Waals surface area contributed by atoms with Crippen LogP contribution in [0.3, 0.4) is 0 Å². The summed E-state index contributed by atoms with van der Waals surface area (Å²) in [4.78, 5) is 36.9. The van der Waals surface area contributed by atoms with Crippen molar-refractivity contribution in [1.29, 1.82) is 0 Å². The molecule has 0 unspecified atom stereocenters. The number of esters is 1. The summed E-state index contributed by atoms with van der Waals surface area (Å²) in [5, 5.41) is 3.43. The summed E-state index contributed by atoms with van der Waals surface area (Å²) in [5.74, 6) is -0.645. The zero-order valence-electron chi connectivity index (χ0n) is 18.6. The summed E-state index contributed by atoms with van der Waals surface area (Å²) in [6.07, 6.45) is 1.77. The third kappa shape index (κ3) is 6.58. The van der Waals surface area contributed by atoms with Crippen molar-refractivity contribution < 1.29 is 23.5 Å². The Kier molecular flexibility index (Phi) is 8.49. The SMILES string of the molecule is CCCc1cc(=O)oc2cc(OC(=O)[C@H](CCC)NC(=O)OCc3ccccc3)c(Cl)cc12. The highest BCUT2D eigenvalue weighted by Crippen LogP contribution is 2.32. The zero-order valence-corrected chi connectivity index (χ0v) is 19.3. The molecule has 0 spiro atoms. The minimum absolute atomic E-state index is 0.0477. The van der Waals surface area contributed by atoms with Gasteiger partial charge in [0.25, 0.3) is 0 Å². The number of amides is 1. The number of hydrogen-bond donors (Lipinski definition) is 1. The topological polar surface area (TPSA) is 94.8 Å². The van der Waals surface area contributed by atoms with Gasteiger partial charge in [-0.1, -0.05) is 68.6 Å². The molecule has 0 radical (unpaired) electrons. The number of fused-ring (bicyclic) bond motifs is 1. The van der Waals surface area contributed by atoms with Crippen molar-refractivity contribution in [2.45, 2.75) is 52.2 Å². The first-order valence-electron chi connectivity index (χ1n) is 10.9. The first-order valence-corrected chi connectivity index (χ1v) is 11.2.